The van der Waals surface area contributed by atoms with Crippen molar-refractivity contribution in [1.82, 2.24) is 4.90 Å². The third-order valence-electron chi connectivity index (χ3n) is 3.02. The second kappa shape index (κ2) is 4.84. The number of nitriles is 1. The molecule has 1 aliphatic heterocycles. The lowest BCUT2D eigenvalue weighted by molar-refractivity contribution is -0.152. The summed E-state index contributed by atoms with van der Waals surface area (Å²) in [5.41, 5.74) is -1.08. The SMILES string of the molecule is N#CCCC1(C(=O)O)CCCN(C(=O)O)C1. The number of nitrogens with zero attached hydrogens (tertiary/aromatic N) is 2. The Morgan fingerprint density at radius 2 is 2.12 bits per heavy atom. The van der Waals surface area contributed by atoms with E-state index in [4.69, 9.17) is 10.4 Å². The molecular weight excluding hydrogens is 212 g/mol. The largest absolute Gasteiger partial charge is 0.481 e. The molecule has 0 bridgehead atoms. The molecule has 6 nitrogen and oxygen atoms in total. The Kier molecular flexibility index (Phi) is 3.72. The molecule has 1 aliphatic rings. The first-order valence-electron chi connectivity index (χ1n) is 5.10. The van der Waals surface area contributed by atoms with Gasteiger partial charge in [0.05, 0.1) is 11.5 Å². The summed E-state index contributed by atoms with van der Waals surface area (Å²) in [5.74, 6) is -1.01. The van der Waals surface area contributed by atoms with Gasteiger partial charge in [-0.3, -0.25) is 4.79 Å². The number of carboxylic acid groups (broad SMARTS) is 2. The molecule has 0 aromatic rings. The van der Waals surface area contributed by atoms with Gasteiger partial charge in [0.1, 0.15) is 0 Å². The highest BCUT2D eigenvalue weighted by atomic mass is 16.4. The lowest BCUT2D eigenvalue weighted by Gasteiger charge is -2.38. The molecule has 1 atom stereocenters. The predicted molar refractivity (Wildman–Crippen MR) is 53.7 cm³/mol. The van der Waals surface area contributed by atoms with Gasteiger partial charge in [0.15, 0.2) is 0 Å². The molecule has 1 heterocycles. The molecule has 0 aromatic heterocycles. The molecule has 6 heteroatoms. The second-order valence-corrected chi connectivity index (χ2v) is 4.05. The van der Waals surface area contributed by atoms with Crippen LogP contribution in [0, 0.1) is 16.7 Å². The van der Waals surface area contributed by atoms with Crippen molar-refractivity contribution in [3.05, 3.63) is 0 Å². The normalized spacial score (nSPS) is 24.8. The Hall–Kier alpha value is -1.77. The van der Waals surface area contributed by atoms with E-state index in [0.29, 0.717) is 19.4 Å². The minimum Gasteiger partial charge on any atom is -0.481 e. The number of rotatable bonds is 3. The number of hydrogen-bond donors (Lipinski definition) is 2. The molecule has 2 N–H and O–H groups in total. The fraction of sp³-hybridized carbons (Fsp3) is 0.700. The van der Waals surface area contributed by atoms with Crippen molar-refractivity contribution in [2.75, 3.05) is 13.1 Å². The summed E-state index contributed by atoms with van der Waals surface area (Å²) in [6.07, 6.45) is 0.225. The summed E-state index contributed by atoms with van der Waals surface area (Å²) in [4.78, 5) is 23.1. The van der Waals surface area contributed by atoms with Crippen LogP contribution >= 0.6 is 0 Å². The van der Waals surface area contributed by atoms with E-state index in [-0.39, 0.29) is 19.4 Å². The third kappa shape index (κ3) is 2.42. The molecule has 88 valence electrons. The molecule has 0 saturated carbocycles. The van der Waals surface area contributed by atoms with Gasteiger partial charge in [-0.05, 0) is 19.3 Å². The van der Waals surface area contributed by atoms with Crippen molar-refractivity contribution in [1.29, 1.82) is 5.26 Å². The van der Waals surface area contributed by atoms with E-state index in [1.54, 1.807) is 0 Å². The van der Waals surface area contributed by atoms with Crippen LogP contribution in [0.4, 0.5) is 4.79 Å². The molecule has 1 unspecified atom stereocenters. The molecular formula is C10H14N2O4. The van der Waals surface area contributed by atoms with Crippen molar-refractivity contribution in [3.8, 4) is 6.07 Å². The number of hydrogen-bond acceptors (Lipinski definition) is 3. The number of carbonyl (C=O) groups is 2. The van der Waals surface area contributed by atoms with Crippen LogP contribution in [0.15, 0.2) is 0 Å². The van der Waals surface area contributed by atoms with Crippen LogP contribution in [0.5, 0.6) is 0 Å². The number of aliphatic carboxylic acids is 1. The lowest BCUT2D eigenvalue weighted by Crippen LogP contribution is -2.49. The van der Waals surface area contributed by atoms with Gasteiger partial charge < -0.3 is 15.1 Å². The molecule has 1 amide bonds. The summed E-state index contributed by atoms with van der Waals surface area (Å²) < 4.78 is 0. The molecule has 0 radical (unpaired) electrons. The Labute approximate surface area is 93.1 Å². The summed E-state index contributed by atoms with van der Waals surface area (Å²) in [7, 11) is 0. The van der Waals surface area contributed by atoms with Crippen LogP contribution in [-0.2, 0) is 4.79 Å². The smallest absolute Gasteiger partial charge is 0.407 e. The average molecular weight is 226 g/mol. The Balaban J connectivity index is 2.81. The fourth-order valence-corrected chi connectivity index (χ4v) is 2.08. The van der Waals surface area contributed by atoms with E-state index >= 15 is 0 Å². The predicted octanol–water partition coefficient (Wildman–Crippen LogP) is 1.13. The van der Waals surface area contributed by atoms with Gasteiger partial charge >= 0.3 is 12.1 Å². The van der Waals surface area contributed by atoms with Gasteiger partial charge in [-0.25, -0.2) is 4.79 Å². The molecule has 1 fully saturated rings. The maximum atomic E-state index is 11.2. The van der Waals surface area contributed by atoms with Crippen LogP contribution in [-0.4, -0.2) is 40.3 Å². The van der Waals surface area contributed by atoms with E-state index in [0.717, 1.165) is 4.90 Å². The Morgan fingerprint density at radius 3 is 2.62 bits per heavy atom. The number of likely N-dealkylation sites (tertiary alicyclic amines) is 1. The fourth-order valence-electron chi connectivity index (χ4n) is 2.08. The van der Waals surface area contributed by atoms with Crippen LogP contribution in [0.2, 0.25) is 0 Å². The molecule has 0 spiro atoms. The van der Waals surface area contributed by atoms with Gasteiger partial charge in [0, 0.05) is 19.5 Å². The van der Waals surface area contributed by atoms with Gasteiger partial charge in [-0.1, -0.05) is 0 Å². The highest BCUT2D eigenvalue weighted by molar-refractivity contribution is 5.76. The zero-order valence-electron chi connectivity index (χ0n) is 8.85. The average Bonchev–Trinajstić information content (AvgIpc) is 2.26. The first-order valence-corrected chi connectivity index (χ1v) is 5.10. The number of piperidine rings is 1. The maximum Gasteiger partial charge on any atom is 0.407 e. The van der Waals surface area contributed by atoms with Crippen LogP contribution < -0.4 is 0 Å². The summed E-state index contributed by atoms with van der Waals surface area (Å²) in [6.45, 7) is 0.357. The highest BCUT2D eigenvalue weighted by Crippen LogP contribution is 2.34. The minimum absolute atomic E-state index is 0.0145. The zero-order valence-corrected chi connectivity index (χ0v) is 8.85. The van der Waals surface area contributed by atoms with E-state index in [1.807, 2.05) is 6.07 Å². The number of carboxylic acids is 1. The van der Waals surface area contributed by atoms with Gasteiger partial charge in [-0.2, -0.15) is 5.26 Å². The van der Waals surface area contributed by atoms with Crippen LogP contribution in [0.3, 0.4) is 0 Å². The standard InChI is InChI=1S/C10H14N2O4/c11-5-1-3-10(8(13)14)4-2-6-12(7-10)9(15)16/h1-4,6-7H2,(H,13,14)(H,15,16). The summed E-state index contributed by atoms with van der Waals surface area (Å²) in [6, 6.07) is 1.91. The van der Waals surface area contributed by atoms with Crippen LogP contribution in [0.1, 0.15) is 25.7 Å². The van der Waals surface area contributed by atoms with Gasteiger partial charge in [0.2, 0.25) is 0 Å². The van der Waals surface area contributed by atoms with Crippen molar-refractivity contribution < 1.29 is 19.8 Å². The molecule has 0 aliphatic carbocycles. The van der Waals surface area contributed by atoms with Crippen molar-refractivity contribution in [2.24, 2.45) is 5.41 Å². The number of amides is 1. The molecule has 1 rings (SSSR count). The van der Waals surface area contributed by atoms with Crippen molar-refractivity contribution in [3.63, 3.8) is 0 Å². The van der Waals surface area contributed by atoms with E-state index < -0.39 is 17.5 Å². The first kappa shape index (κ1) is 12.3. The van der Waals surface area contributed by atoms with Crippen molar-refractivity contribution >= 4 is 12.1 Å². The second-order valence-electron chi connectivity index (χ2n) is 4.05. The monoisotopic (exact) mass is 226 g/mol. The van der Waals surface area contributed by atoms with Gasteiger partial charge in [-0.15, -0.1) is 0 Å². The van der Waals surface area contributed by atoms with E-state index in [9.17, 15) is 14.7 Å². The molecule has 16 heavy (non-hydrogen) atoms. The lowest BCUT2D eigenvalue weighted by atomic mass is 9.76. The minimum atomic E-state index is -1.10. The van der Waals surface area contributed by atoms with Crippen LogP contribution in [0.25, 0.3) is 0 Å². The summed E-state index contributed by atoms with van der Waals surface area (Å²) in [5, 5.41) is 26.5. The Bertz CT molecular complexity index is 336. The van der Waals surface area contributed by atoms with Crippen molar-refractivity contribution in [2.45, 2.75) is 25.7 Å². The first-order chi connectivity index (χ1) is 7.52. The summed E-state index contributed by atoms with van der Waals surface area (Å²) >= 11 is 0. The third-order valence-corrected chi connectivity index (χ3v) is 3.02. The van der Waals surface area contributed by atoms with Gasteiger partial charge in [0.25, 0.3) is 0 Å². The Morgan fingerprint density at radius 1 is 1.44 bits per heavy atom. The topological polar surface area (TPSA) is 102 Å². The molecule has 1 saturated heterocycles. The molecule has 0 aromatic carbocycles. The zero-order chi connectivity index (χ0) is 12.2. The maximum absolute atomic E-state index is 11.2. The van der Waals surface area contributed by atoms with E-state index in [1.165, 1.54) is 0 Å². The van der Waals surface area contributed by atoms with E-state index in [2.05, 4.69) is 0 Å². The quantitative estimate of drug-likeness (QED) is 0.751. The highest BCUT2D eigenvalue weighted by Gasteiger charge is 2.43.